The van der Waals surface area contributed by atoms with Gasteiger partial charge in [0.1, 0.15) is 0 Å². The maximum absolute atomic E-state index is 5.21. The summed E-state index contributed by atoms with van der Waals surface area (Å²) in [5.74, 6) is 0. The molecule has 0 aromatic carbocycles. The van der Waals surface area contributed by atoms with Gasteiger partial charge in [-0.15, -0.1) is 0 Å². The first-order chi connectivity index (χ1) is 2.91. The van der Waals surface area contributed by atoms with Crippen molar-refractivity contribution in [1.82, 2.24) is 0 Å². The molecule has 0 atom stereocenters. The number of hydrogen-bond donors (Lipinski definition) is 0. The largest absolute Gasteiger partial charge is 0.0887 e. The van der Waals surface area contributed by atoms with Crippen LogP contribution in [0, 0.1) is 0 Å². The number of unbranched alkanes of at least 4 members (excludes halogenated alkanes) is 2. The Bertz CT molecular complexity index is 15.9. The molecule has 0 aliphatic rings. The van der Waals surface area contributed by atoms with E-state index in [0.29, 0.717) is 0 Å². The van der Waals surface area contributed by atoms with Crippen molar-refractivity contribution in [3.05, 3.63) is 0 Å². The predicted octanol–water partition coefficient (Wildman–Crippen LogP) is 1.76. The van der Waals surface area contributed by atoms with Gasteiger partial charge in [0.15, 0.2) is 0 Å². The molecule has 2 radical (unpaired) electrons. The van der Waals surface area contributed by atoms with Crippen molar-refractivity contribution in [3.8, 4) is 0 Å². The Balaban J connectivity index is 2.34. The van der Waals surface area contributed by atoms with Crippen molar-refractivity contribution < 1.29 is 0 Å². The monoisotopic (exact) mass is 82.1 g/mol. The molecule has 0 bridgehead atoms. The van der Waals surface area contributed by atoms with Gasteiger partial charge in [0.25, 0.3) is 0 Å². The van der Waals surface area contributed by atoms with E-state index in [1.54, 1.807) is 0 Å². The van der Waals surface area contributed by atoms with E-state index in [0.717, 1.165) is 6.32 Å². The second-order valence-corrected chi connectivity index (χ2v) is 1.50. The zero-order valence-corrected chi connectivity index (χ0v) is 4.41. The van der Waals surface area contributed by atoms with Crippen molar-refractivity contribution >= 4 is 7.85 Å². The van der Waals surface area contributed by atoms with Gasteiger partial charge in [-0.25, -0.2) is 0 Å². The summed E-state index contributed by atoms with van der Waals surface area (Å²) in [6.45, 7) is 2.18. The molecule has 0 aromatic rings. The molecule has 0 amide bonds. The molecule has 0 unspecified atom stereocenters. The topological polar surface area (TPSA) is 0 Å². The van der Waals surface area contributed by atoms with Gasteiger partial charge < -0.3 is 0 Å². The maximum Gasteiger partial charge on any atom is 0.0653 e. The van der Waals surface area contributed by atoms with E-state index in [1.165, 1.54) is 19.3 Å². The van der Waals surface area contributed by atoms with Crippen molar-refractivity contribution in [1.29, 1.82) is 0 Å². The highest BCUT2D eigenvalue weighted by Crippen LogP contribution is 1.94. The fourth-order valence-corrected chi connectivity index (χ4v) is 0.394. The molecule has 34 valence electrons. The molecule has 0 N–H and O–H groups in total. The van der Waals surface area contributed by atoms with Crippen LogP contribution in [0.5, 0.6) is 0 Å². The molecule has 0 spiro atoms. The number of rotatable bonds is 3. The SMILES string of the molecule is [B]CCCCC. The standard InChI is InChI=1S/C5H11B/c1-2-3-4-5-6/h2-5H2,1H3. The Kier molecular flexibility index (Phi) is 5.12. The Labute approximate surface area is 41.4 Å². The summed E-state index contributed by atoms with van der Waals surface area (Å²) < 4.78 is 0. The van der Waals surface area contributed by atoms with E-state index in [9.17, 15) is 0 Å². The maximum atomic E-state index is 5.21. The second kappa shape index (κ2) is 5.06. The summed E-state index contributed by atoms with van der Waals surface area (Å²) in [6.07, 6.45) is 4.61. The van der Waals surface area contributed by atoms with Gasteiger partial charge in [-0.1, -0.05) is 32.5 Å². The van der Waals surface area contributed by atoms with Crippen molar-refractivity contribution in [2.75, 3.05) is 0 Å². The van der Waals surface area contributed by atoms with Crippen molar-refractivity contribution in [2.24, 2.45) is 0 Å². The first-order valence-corrected chi connectivity index (χ1v) is 2.62. The normalized spacial score (nSPS) is 8.83. The third-order valence-electron chi connectivity index (χ3n) is 0.808. The van der Waals surface area contributed by atoms with Gasteiger partial charge in [0.2, 0.25) is 0 Å². The first-order valence-electron chi connectivity index (χ1n) is 2.62. The zero-order chi connectivity index (χ0) is 4.83. The van der Waals surface area contributed by atoms with Gasteiger partial charge in [0.05, 0.1) is 7.85 Å². The summed E-state index contributed by atoms with van der Waals surface area (Å²) in [5.41, 5.74) is 0. The lowest BCUT2D eigenvalue weighted by molar-refractivity contribution is 0.771. The summed E-state index contributed by atoms with van der Waals surface area (Å²) in [6, 6.07) is 0. The fraction of sp³-hybridized carbons (Fsp3) is 1.00. The molecule has 0 saturated carbocycles. The molecular weight excluding hydrogens is 70.9 g/mol. The van der Waals surface area contributed by atoms with Crippen LogP contribution in [0.15, 0.2) is 0 Å². The van der Waals surface area contributed by atoms with E-state index in [4.69, 9.17) is 7.85 Å². The van der Waals surface area contributed by atoms with Crippen LogP contribution in [0.3, 0.4) is 0 Å². The summed E-state index contributed by atoms with van der Waals surface area (Å²) in [5, 5.41) is 0. The van der Waals surface area contributed by atoms with E-state index in [-0.39, 0.29) is 0 Å². The van der Waals surface area contributed by atoms with E-state index >= 15 is 0 Å². The first kappa shape index (κ1) is 6.06. The second-order valence-electron chi connectivity index (χ2n) is 1.50. The molecule has 0 saturated heterocycles. The van der Waals surface area contributed by atoms with Crippen LogP contribution in [-0.4, -0.2) is 7.85 Å². The average molecular weight is 82.0 g/mol. The van der Waals surface area contributed by atoms with E-state index in [2.05, 4.69) is 6.92 Å². The van der Waals surface area contributed by atoms with Gasteiger partial charge in [-0.3, -0.25) is 0 Å². The van der Waals surface area contributed by atoms with Gasteiger partial charge in [0, 0.05) is 0 Å². The third kappa shape index (κ3) is 4.06. The highest BCUT2D eigenvalue weighted by Gasteiger charge is 1.75. The minimum atomic E-state index is 0.855. The lowest BCUT2D eigenvalue weighted by atomic mass is 10.00. The highest BCUT2D eigenvalue weighted by molar-refractivity contribution is 6.08. The van der Waals surface area contributed by atoms with Crippen molar-refractivity contribution in [2.45, 2.75) is 32.5 Å². The van der Waals surface area contributed by atoms with E-state index < -0.39 is 0 Å². The van der Waals surface area contributed by atoms with Crippen LogP contribution in [0.2, 0.25) is 6.32 Å². The van der Waals surface area contributed by atoms with Crippen molar-refractivity contribution in [3.63, 3.8) is 0 Å². The average Bonchev–Trinajstić information content (AvgIpc) is 1.61. The van der Waals surface area contributed by atoms with Crippen LogP contribution in [0.25, 0.3) is 0 Å². The minimum absolute atomic E-state index is 0.855. The predicted molar refractivity (Wildman–Crippen MR) is 30.1 cm³/mol. The smallest absolute Gasteiger partial charge is 0.0653 e. The quantitative estimate of drug-likeness (QED) is 0.359. The molecule has 0 aliphatic heterocycles. The molecular formula is C5H11B. The van der Waals surface area contributed by atoms with E-state index in [1.807, 2.05) is 0 Å². The van der Waals surface area contributed by atoms with Gasteiger partial charge in [-0.2, -0.15) is 0 Å². The van der Waals surface area contributed by atoms with Gasteiger partial charge in [-0.05, 0) is 0 Å². The molecule has 0 fully saturated rings. The lowest BCUT2D eigenvalue weighted by Gasteiger charge is -1.86. The fourth-order valence-electron chi connectivity index (χ4n) is 0.394. The molecule has 0 nitrogen and oxygen atoms in total. The molecule has 0 aliphatic carbocycles. The van der Waals surface area contributed by atoms with Crippen LogP contribution in [-0.2, 0) is 0 Å². The van der Waals surface area contributed by atoms with Crippen LogP contribution >= 0.6 is 0 Å². The van der Waals surface area contributed by atoms with Crippen LogP contribution in [0.4, 0.5) is 0 Å². The Hall–Kier alpha value is 0.0649. The third-order valence-corrected chi connectivity index (χ3v) is 0.808. The summed E-state index contributed by atoms with van der Waals surface area (Å²) in [7, 11) is 5.21. The molecule has 0 rings (SSSR count). The molecule has 6 heavy (non-hydrogen) atoms. The Morgan fingerprint density at radius 3 is 2.17 bits per heavy atom. The summed E-state index contributed by atoms with van der Waals surface area (Å²) in [4.78, 5) is 0. The highest BCUT2D eigenvalue weighted by atomic mass is 13.8. The van der Waals surface area contributed by atoms with Gasteiger partial charge >= 0.3 is 0 Å². The van der Waals surface area contributed by atoms with Crippen LogP contribution < -0.4 is 0 Å². The molecule has 0 heterocycles. The Morgan fingerprint density at radius 1 is 1.33 bits per heavy atom. The lowest BCUT2D eigenvalue weighted by Crippen LogP contribution is -1.69. The molecule has 1 heteroatoms. The summed E-state index contributed by atoms with van der Waals surface area (Å²) >= 11 is 0. The zero-order valence-electron chi connectivity index (χ0n) is 4.41. The van der Waals surface area contributed by atoms with Crippen LogP contribution in [0.1, 0.15) is 26.2 Å². The number of hydrogen-bond acceptors (Lipinski definition) is 0. The minimum Gasteiger partial charge on any atom is -0.0887 e. The molecule has 0 aromatic heterocycles. The Morgan fingerprint density at radius 2 is 2.00 bits per heavy atom.